The van der Waals surface area contributed by atoms with Crippen LogP contribution in [-0.4, -0.2) is 36.7 Å². The van der Waals surface area contributed by atoms with Gasteiger partial charge in [0.25, 0.3) is 0 Å². The summed E-state index contributed by atoms with van der Waals surface area (Å²) < 4.78 is 38.6. The number of hydrogen-bond acceptors (Lipinski definition) is 7. The summed E-state index contributed by atoms with van der Waals surface area (Å²) in [6, 6.07) is 0. The van der Waals surface area contributed by atoms with E-state index in [1.54, 1.807) is 0 Å². The fraction of sp³-hybridized carbons (Fsp3) is 1.00. The first-order valence-corrected chi connectivity index (χ1v) is 6.26. The van der Waals surface area contributed by atoms with E-state index >= 15 is 0 Å². The van der Waals surface area contributed by atoms with Gasteiger partial charge in [0.05, 0.1) is 0 Å². The van der Waals surface area contributed by atoms with Crippen molar-refractivity contribution in [3.8, 4) is 0 Å². The number of rotatable bonds is 8. The summed E-state index contributed by atoms with van der Waals surface area (Å²) in [5.74, 6) is 0.173. The zero-order chi connectivity index (χ0) is 11.0. The van der Waals surface area contributed by atoms with Crippen molar-refractivity contribution < 1.29 is 56.0 Å². The molecule has 0 aromatic carbocycles. The number of hydrogen-bond donors (Lipinski definition) is 1. The van der Waals surface area contributed by atoms with Crippen molar-refractivity contribution in [2.45, 2.75) is 26.1 Å². The fourth-order valence-corrected chi connectivity index (χ4v) is 1.62. The Morgan fingerprint density at radius 1 is 1.53 bits per heavy atom. The van der Waals surface area contributed by atoms with Gasteiger partial charge in [-0.25, -0.2) is 12.0 Å². The summed E-state index contributed by atoms with van der Waals surface area (Å²) in [4.78, 5) is 0. The monoisotopic (exact) mass is 268 g/mol. The fourth-order valence-electron chi connectivity index (χ4n) is 0.579. The Bertz CT molecular complexity index is 232. The van der Waals surface area contributed by atoms with Crippen molar-refractivity contribution in [2.75, 3.05) is 12.4 Å². The van der Waals surface area contributed by atoms with E-state index in [-0.39, 0.29) is 41.7 Å². The Morgan fingerprint density at radius 3 is 2.60 bits per heavy atom. The van der Waals surface area contributed by atoms with Gasteiger partial charge < -0.3 is 14.4 Å². The minimum absolute atomic E-state index is 0. The molecule has 0 aliphatic carbocycles. The van der Waals surface area contributed by atoms with Crippen LogP contribution in [0, 0.1) is 0 Å². The molecule has 1 atom stereocenters. The summed E-state index contributed by atoms with van der Waals surface area (Å²) in [6.45, 7) is 2.33. The molecule has 0 fully saturated rings. The van der Waals surface area contributed by atoms with E-state index < -0.39 is 16.7 Å². The number of aliphatic hydroxyl groups is 1. The smallest absolute Gasteiger partial charge is 0.725 e. The number of ether oxygens (including phenoxy) is 1. The Balaban J connectivity index is 0. The summed E-state index contributed by atoms with van der Waals surface area (Å²) in [5.41, 5.74) is 0. The van der Waals surface area contributed by atoms with Crippen molar-refractivity contribution in [1.82, 2.24) is 0 Å². The predicted octanol–water partition coefficient (Wildman–Crippen LogP) is -2.75. The molecule has 6 nitrogen and oxygen atoms in total. The van der Waals surface area contributed by atoms with Crippen LogP contribution in [0.4, 0.5) is 0 Å². The van der Waals surface area contributed by atoms with Crippen LogP contribution in [0.1, 0.15) is 19.8 Å². The van der Waals surface area contributed by atoms with Crippen LogP contribution in [0.2, 0.25) is 0 Å². The van der Waals surface area contributed by atoms with Crippen LogP contribution in [0.3, 0.4) is 0 Å². The molecule has 15 heavy (non-hydrogen) atoms. The van der Waals surface area contributed by atoms with Crippen molar-refractivity contribution in [2.24, 2.45) is 0 Å². The maximum absolute atomic E-state index is 9.96. The first kappa shape index (κ1) is 18.5. The second-order valence-electron chi connectivity index (χ2n) is 2.41. The van der Waals surface area contributed by atoms with Gasteiger partial charge >= 0.3 is 29.6 Å². The SMILES string of the molecule is CCCOC(O)CCSOS(=O)(=O)[O-].[Na+]. The van der Waals surface area contributed by atoms with Gasteiger partial charge in [0.15, 0.2) is 6.29 Å². The van der Waals surface area contributed by atoms with Gasteiger partial charge in [-0.05, 0) is 6.42 Å². The van der Waals surface area contributed by atoms with E-state index in [4.69, 9.17) is 9.84 Å². The van der Waals surface area contributed by atoms with E-state index in [9.17, 15) is 13.0 Å². The van der Waals surface area contributed by atoms with E-state index in [1.807, 2.05) is 6.92 Å². The first-order chi connectivity index (χ1) is 6.45. The third-order valence-electron chi connectivity index (χ3n) is 1.09. The topological polar surface area (TPSA) is 95.9 Å². The van der Waals surface area contributed by atoms with Crippen LogP contribution in [-0.2, 0) is 18.8 Å². The summed E-state index contributed by atoms with van der Waals surface area (Å²) in [5, 5.41) is 9.09. The molecule has 0 radical (unpaired) electrons. The van der Waals surface area contributed by atoms with Gasteiger partial charge in [-0.2, -0.15) is 0 Å². The van der Waals surface area contributed by atoms with Gasteiger partial charge in [0.1, 0.15) is 0 Å². The molecule has 0 spiro atoms. The van der Waals surface area contributed by atoms with E-state index in [2.05, 4.69) is 3.63 Å². The van der Waals surface area contributed by atoms with Crippen molar-refractivity contribution in [3.05, 3.63) is 0 Å². The molecular weight excluding hydrogens is 255 g/mol. The molecule has 0 aliphatic rings. The molecule has 0 saturated carbocycles. The van der Waals surface area contributed by atoms with Crippen LogP contribution < -0.4 is 29.6 Å². The zero-order valence-electron chi connectivity index (χ0n) is 8.71. The molecule has 0 bridgehead atoms. The molecular formula is C6H13NaO6S2. The van der Waals surface area contributed by atoms with Crippen LogP contribution in [0.25, 0.3) is 0 Å². The van der Waals surface area contributed by atoms with Crippen molar-refractivity contribution >= 4 is 22.4 Å². The second kappa shape index (κ2) is 10.3. The quantitative estimate of drug-likeness (QED) is 0.127. The third kappa shape index (κ3) is 15.1. The van der Waals surface area contributed by atoms with Crippen molar-refractivity contribution in [3.63, 3.8) is 0 Å². The minimum atomic E-state index is -4.65. The predicted molar refractivity (Wildman–Crippen MR) is 50.1 cm³/mol. The van der Waals surface area contributed by atoms with Gasteiger partial charge in [0.2, 0.25) is 10.4 Å². The van der Waals surface area contributed by atoms with E-state index in [0.29, 0.717) is 18.6 Å². The summed E-state index contributed by atoms with van der Waals surface area (Å²) in [6.07, 6.45) is 0.0518. The van der Waals surface area contributed by atoms with Crippen LogP contribution in [0.15, 0.2) is 0 Å². The molecule has 0 saturated heterocycles. The molecule has 0 aliphatic heterocycles. The molecule has 86 valence electrons. The third-order valence-corrected chi connectivity index (χ3v) is 2.55. The largest absolute Gasteiger partial charge is 1.00 e. The molecule has 0 aromatic heterocycles. The van der Waals surface area contributed by atoms with E-state index in [0.717, 1.165) is 6.42 Å². The Kier molecular flexibility index (Phi) is 12.7. The second-order valence-corrected chi connectivity index (χ2v) is 4.42. The van der Waals surface area contributed by atoms with Gasteiger partial charge in [0, 0.05) is 30.8 Å². The van der Waals surface area contributed by atoms with Crippen LogP contribution in [0.5, 0.6) is 0 Å². The molecule has 0 amide bonds. The first-order valence-electron chi connectivity index (χ1n) is 4.02. The Hall–Kier alpha value is 1.14. The summed E-state index contributed by atoms with van der Waals surface area (Å²) in [7, 11) is -4.65. The Labute approximate surface area is 116 Å². The van der Waals surface area contributed by atoms with Crippen molar-refractivity contribution in [1.29, 1.82) is 0 Å². The molecule has 9 heteroatoms. The molecule has 0 rings (SSSR count). The zero-order valence-corrected chi connectivity index (χ0v) is 12.3. The average Bonchev–Trinajstić information content (AvgIpc) is 2.07. The molecule has 0 heterocycles. The normalized spacial score (nSPS) is 13.3. The molecule has 1 N–H and O–H groups in total. The molecule has 1 unspecified atom stereocenters. The van der Waals surface area contributed by atoms with Crippen LogP contribution >= 0.6 is 12.0 Å². The average molecular weight is 268 g/mol. The minimum Gasteiger partial charge on any atom is -0.725 e. The van der Waals surface area contributed by atoms with E-state index in [1.165, 1.54) is 0 Å². The molecule has 0 aromatic rings. The van der Waals surface area contributed by atoms with Gasteiger partial charge in [-0.15, -0.1) is 0 Å². The standard InChI is InChI=1S/C6H14O6S2.Na/c1-2-4-11-6(7)3-5-13-12-14(8,9)10;/h6-7H,2-5H2,1H3,(H,8,9,10);/q;+1/p-1. The number of aliphatic hydroxyl groups excluding tert-OH is 1. The Morgan fingerprint density at radius 2 is 2.13 bits per heavy atom. The maximum Gasteiger partial charge on any atom is 1.00 e. The maximum atomic E-state index is 9.96. The van der Waals surface area contributed by atoms with Gasteiger partial charge in [-0.3, -0.25) is 0 Å². The summed E-state index contributed by atoms with van der Waals surface area (Å²) >= 11 is 0.482. The van der Waals surface area contributed by atoms with Gasteiger partial charge in [-0.1, -0.05) is 6.92 Å².